The zero-order chi connectivity index (χ0) is 9.14. The normalized spacial score (nSPS) is 39.5. The van der Waals surface area contributed by atoms with Crippen molar-refractivity contribution in [2.75, 3.05) is 6.61 Å². The molecule has 1 saturated carbocycles. The third-order valence-corrected chi connectivity index (χ3v) is 3.15. The molecule has 0 aromatic rings. The zero-order valence-corrected chi connectivity index (χ0v) is 8.03. The predicted molar refractivity (Wildman–Crippen MR) is 48.8 cm³/mol. The van der Waals surface area contributed by atoms with Crippen molar-refractivity contribution in [1.29, 1.82) is 0 Å². The molecule has 0 bridgehead atoms. The molecule has 0 saturated heterocycles. The van der Waals surface area contributed by atoms with E-state index in [4.69, 9.17) is 5.11 Å². The molecule has 2 unspecified atom stereocenters. The lowest BCUT2D eigenvalue weighted by atomic mass is 9.75. The minimum Gasteiger partial charge on any atom is -0.396 e. The Kier molecular flexibility index (Phi) is 3.53. The van der Waals surface area contributed by atoms with Gasteiger partial charge in [-0.05, 0) is 30.6 Å². The van der Waals surface area contributed by atoms with Crippen LogP contribution in [-0.4, -0.2) is 22.9 Å². The van der Waals surface area contributed by atoms with Crippen LogP contribution in [0.3, 0.4) is 0 Å². The monoisotopic (exact) mass is 172 g/mol. The number of hydrogen-bond acceptors (Lipinski definition) is 2. The summed E-state index contributed by atoms with van der Waals surface area (Å²) in [4.78, 5) is 0. The van der Waals surface area contributed by atoms with Crippen molar-refractivity contribution in [2.24, 2.45) is 17.8 Å². The van der Waals surface area contributed by atoms with Crippen molar-refractivity contribution in [3.63, 3.8) is 0 Å². The second-order valence-electron chi connectivity index (χ2n) is 4.31. The van der Waals surface area contributed by atoms with Gasteiger partial charge in [-0.25, -0.2) is 0 Å². The molecule has 2 N–H and O–H groups in total. The lowest BCUT2D eigenvalue weighted by Gasteiger charge is -2.34. The Balaban J connectivity index is 2.44. The molecule has 1 fully saturated rings. The molecule has 0 radical (unpaired) electrons. The maximum absolute atomic E-state index is 9.73. The Morgan fingerprint density at radius 1 is 1.42 bits per heavy atom. The van der Waals surface area contributed by atoms with Gasteiger partial charge in [0.15, 0.2) is 0 Å². The summed E-state index contributed by atoms with van der Waals surface area (Å²) in [6, 6.07) is 0. The smallest absolute Gasteiger partial charge is 0.0574 e. The summed E-state index contributed by atoms with van der Waals surface area (Å²) in [7, 11) is 0. The Bertz CT molecular complexity index is 136. The van der Waals surface area contributed by atoms with Gasteiger partial charge in [0.1, 0.15) is 0 Å². The highest BCUT2D eigenvalue weighted by Crippen LogP contribution is 2.33. The van der Waals surface area contributed by atoms with Gasteiger partial charge in [-0.2, -0.15) is 0 Å². The molecule has 4 atom stereocenters. The lowest BCUT2D eigenvalue weighted by Crippen LogP contribution is -2.34. The molecular weight excluding hydrogens is 152 g/mol. The standard InChI is InChI=1S/C10H20O2/c1-7-3-4-9(8(2)6-11)10(12)5-7/h7-12H,3-6H2,1-2H3/t7?,8?,9-,10+/m0/s1. The molecule has 0 spiro atoms. The molecule has 0 aromatic carbocycles. The average Bonchev–Trinajstić information content (AvgIpc) is 2.03. The van der Waals surface area contributed by atoms with Crippen LogP contribution in [0, 0.1) is 17.8 Å². The fourth-order valence-corrected chi connectivity index (χ4v) is 2.17. The van der Waals surface area contributed by atoms with Crippen LogP contribution in [0.25, 0.3) is 0 Å². The quantitative estimate of drug-likeness (QED) is 0.661. The Hall–Kier alpha value is -0.0800. The number of aliphatic hydroxyl groups excluding tert-OH is 2. The van der Waals surface area contributed by atoms with E-state index in [0.29, 0.717) is 11.8 Å². The molecule has 0 aliphatic heterocycles. The first-order chi connectivity index (χ1) is 5.65. The topological polar surface area (TPSA) is 40.5 Å². The SMILES string of the molecule is CC1CC[C@@H](C(C)CO)[C@H](O)C1. The summed E-state index contributed by atoms with van der Waals surface area (Å²) in [5.41, 5.74) is 0. The van der Waals surface area contributed by atoms with Gasteiger partial charge in [-0.3, -0.25) is 0 Å². The van der Waals surface area contributed by atoms with Crippen LogP contribution in [0.5, 0.6) is 0 Å². The van der Waals surface area contributed by atoms with Crippen molar-refractivity contribution in [3.8, 4) is 0 Å². The summed E-state index contributed by atoms with van der Waals surface area (Å²) in [5, 5.41) is 18.7. The van der Waals surface area contributed by atoms with Gasteiger partial charge < -0.3 is 10.2 Å². The van der Waals surface area contributed by atoms with Crippen LogP contribution in [0.15, 0.2) is 0 Å². The highest BCUT2D eigenvalue weighted by molar-refractivity contribution is 4.80. The molecule has 2 nitrogen and oxygen atoms in total. The van der Waals surface area contributed by atoms with Crippen LogP contribution in [-0.2, 0) is 0 Å². The molecule has 12 heavy (non-hydrogen) atoms. The summed E-state index contributed by atoms with van der Waals surface area (Å²) < 4.78 is 0. The number of rotatable bonds is 2. The van der Waals surface area contributed by atoms with Crippen molar-refractivity contribution in [3.05, 3.63) is 0 Å². The highest BCUT2D eigenvalue weighted by atomic mass is 16.3. The third-order valence-electron chi connectivity index (χ3n) is 3.15. The maximum atomic E-state index is 9.73. The highest BCUT2D eigenvalue weighted by Gasteiger charge is 2.30. The van der Waals surface area contributed by atoms with E-state index in [1.165, 1.54) is 6.42 Å². The van der Waals surface area contributed by atoms with E-state index in [1.54, 1.807) is 0 Å². The fraction of sp³-hybridized carbons (Fsp3) is 1.00. The van der Waals surface area contributed by atoms with Crippen LogP contribution < -0.4 is 0 Å². The Labute approximate surface area is 74.6 Å². The molecule has 72 valence electrons. The van der Waals surface area contributed by atoms with E-state index in [0.717, 1.165) is 12.8 Å². The van der Waals surface area contributed by atoms with E-state index in [-0.39, 0.29) is 18.6 Å². The van der Waals surface area contributed by atoms with Crippen molar-refractivity contribution >= 4 is 0 Å². The van der Waals surface area contributed by atoms with E-state index in [9.17, 15) is 5.11 Å². The summed E-state index contributed by atoms with van der Waals surface area (Å²) in [6.45, 7) is 4.41. The second-order valence-corrected chi connectivity index (χ2v) is 4.31. The lowest BCUT2D eigenvalue weighted by molar-refractivity contribution is 0.00804. The first-order valence-corrected chi connectivity index (χ1v) is 4.94. The molecule has 2 heteroatoms. The van der Waals surface area contributed by atoms with Crippen molar-refractivity contribution in [2.45, 2.75) is 39.2 Å². The van der Waals surface area contributed by atoms with Gasteiger partial charge in [0.25, 0.3) is 0 Å². The summed E-state index contributed by atoms with van der Waals surface area (Å²) >= 11 is 0. The molecule has 1 aliphatic carbocycles. The third kappa shape index (κ3) is 2.20. The zero-order valence-electron chi connectivity index (χ0n) is 8.03. The molecule has 0 amide bonds. The van der Waals surface area contributed by atoms with E-state index in [2.05, 4.69) is 6.92 Å². The fourth-order valence-electron chi connectivity index (χ4n) is 2.17. The Morgan fingerprint density at radius 3 is 2.58 bits per heavy atom. The number of aliphatic hydroxyl groups is 2. The van der Waals surface area contributed by atoms with Gasteiger partial charge >= 0.3 is 0 Å². The molecule has 1 rings (SSSR count). The first-order valence-electron chi connectivity index (χ1n) is 4.94. The summed E-state index contributed by atoms with van der Waals surface area (Å²) in [6.07, 6.45) is 3.00. The van der Waals surface area contributed by atoms with E-state index in [1.807, 2.05) is 6.92 Å². The van der Waals surface area contributed by atoms with Gasteiger partial charge in [0, 0.05) is 6.61 Å². The van der Waals surface area contributed by atoms with Crippen LogP contribution in [0.1, 0.15) is 33.1 Å². The minimum absolute atomic E-state index is 0.184. The first kappa shape index (κ1) is 10.0. The molecule has 0 heterocycles. The van der Waals surface area contributed by atoms with Crippen LogP contribution >= 0.6 is 0 Å². The van der Waals surface area contributed by atoms with Crippen molar-refractivity contribution in [1.82, 2.24) is 0 Å². The number of hydrogen-bond donors (Lipinski definition) is 2. The van der Waals surface area contributed by atoms with E-state index < -0.39 is 0 Å². The molecule has 1 aliphatic rings. The minimum atomic E-state index is -0.184. The van der Waals surface area contributed by atoms with Gasteiger partial charge in [-0.15, -0.1) is 0 Å². The molecule has 0 aromatic heterocycles. The van der Waals surface area contributed by atoms with Gasteiger partial charge in [0.05, 0.1) is 6.10 Å². The molecular formula is C10H20O2. The second kappa shape index (κ2) is 4.24. The van der Waals surface area contributed by atoms with Crippen LogP contribution in [0.2, 0.25) is 0 Å². The maximum Gasteiger partial charge on any atom is 0.0574 e. The largest absolute Gasteiger partial charge is 0.396 e. The van der Waals surface area contributed by atoms with Crippen LogP contribution in [0.4, 0.5) is 0 Å². The summed E-state index contributed by atoms with van der Waals surface area (Å²) in [5.74, 6) is 1.24. The van der Waals surface area contributed by atoms with Gasteiger partial charge in [-0.1, -0.05) is 20.3 Å². The van der Waals surface area contributed by atoms with E-state index >= 15 is 0 Å². The van der Waals surface area contributed by atoms with Gasteiger partial charge in [0.2, 0.25) is 0 Å². The average molecular weight is 172 g/mol. The van der Waals surface area contributed by atoms with Crippen molar-refractivity contribution < 1.29 is 10.2 Å². The predicted octanol–water partition coefficient (Wildman–Crippen LogP) is 1.41. The Morgan fingerprint density at radius 2 is 2.08 bits per heavy atom.